The van der Waals surface area contributed by atoms with Gasteiger partial charge in [-0.3, -0.25) is 14.2 Å². The third-order valence-corrected chi connectivity index (χ3v) is 5.90. The molecule has 5 rings (SSSR count). The molecule has 2 N–H and O–H groups in total. The van der Waals surface area contributed by atoms with E-state index in [1.807, 2.05) is 18.2 Å². The number of ether oxygens (including phenoxy) is 2. The molecule has 3 heterocycles. The highest BCUT2D eigenvalue weighted by atomic mass is 16.7. The van der Waals surface area contributed by atoms with Crippen LogP contribution in [0.3, 0.4) is 0 Å². The van der Waals surface area contributed by atoms with Crippen molar-refractivity contribution in [3.8, 4) is 11.5 Å². The van der Waals surface area contributed by atoms with Crippen molar-refractivity contribution >= 4 is 16.8 Å². The predicted octanol–water partition coefficient (Wildman–Crippen LogP) is -0.654. The molecule has 0 unspecified atom stereocenters. The summed E-state index contributed by atoms with van der Waals surface area (Å²) < 4.78 is 11.8. The van der Waals surface area contributed by atoms with Crippen LogP contribution in [-0.4, -0.2) is 53.3 Å². The number of quaternary nitrogens is 1. The lowest BCUT2D eigenvalue weighted by Gasteiger charge is -2.32. The summed E-state index contributed by atoms with van der Waals surface area (Å²) in [6.45, 7) is 3.60. The van der Waals surface area contributed by atoms with Gasteiger partial charge in [-0.15, -0.1) is 0 Å². The molecule has 9 nitrogen and oxygen atoms in total. The fourth-order valence-corrected chi connectivity index (χ4v) is 4.17. The quantitative estimate of drug-likeness (QED) is 0.581. The van der Waals surface area contributed by atoms with Crippen molar-refractivity contribution in [2.24, 2.45) is 0 Å². The van der Waals surface area contributed by atoms with Crippen LogP contribution in [0.1, 0.15) is 5.56 Å². The van der Waals surface area contributed by atoms with Gasteiger partial charge in [-0.25, -0.2) is 4.79 Å². The molecule has 31 heavy (non-hydrogen) atoms. The molecule has 1 saturated heterocycles. The maximum absolute atomic E-state index is 12.8. The number of para-hydroxylation sites is 1. The van der Waals surface area contributed by atoms with Crippen molar-refractivity contribution in [1.29, 1.82) is 0 Å². The largest absolute Gasteiger partial charge is 0.454 e. The lowest BCUT2D eigenvalue weighted by molar-refractivity contribution is -0.917. The first-order valence-corrected chi connectivity index (χ1v) is 10.3. The third kappa shape index (κ3) is 3.79. The number of nitrogens with one attached hydrogen (secondary N) is 2. The summed E-state index contributed by atoms with van der Waals surface area (Å²) >= 11 is 0. The minimum absolute atomic E-state index is 0.218. The highest BCUT2D eigenvalue weighted by Crippen LogP contribution is 2.32. The Balaban J connectivity index is 1.22. The second-order valence-electron chi connectivity index (χ2n) is 7.86. The molecule has 0 radical (unpaired) electrons. The van der Waals surface area contributed by atoms with E-state index in [2.05, 4.69) is 4.98 Å². The lowest BCUT2D eigenvalue weighted by atomic mass is 10.1. The zero-order valence-electron chi connectivity index (χ0n) is 16.9. The number of hydrogen-bond donors (Lipinski definition) is 2. The van der Waals surface area contributed by atoms with E-state index in [1.165, 1.54) is 4.90 Å². The van der Waals surface area contributed by atoms with Crippen molar-refractivity contribution in [3.63, 3.8) is 0 Å². The van der Waals surface area contributed by atoms with Crippen LogP contribution in [0.2, 0.25) is 0 Å². The average Bonchev–Trinajstić information content (AvgIpc) is 3.25. The van der Waals surface area contributed by atoms with Crippen LogP contribution >= 0.6 is 0 Å². The Kier molecular flexibility index (Phi) is 4.95. The average molecular weight is 423 g/mol. The second kappa shape index (κ2) is 7.92. The summed E-state index contributed by atoms with van der Waals surface area (Å²) in [5.41, 5.74) is 0.624. The number of carbonyl (C=O) groups excluding carboxylic acids is 1. The number of rotatable bonds is 4. The fraction of sp³-hybridized carbons (Fsp3) is 0.318. The van der Waals surface area contributed by atoms with Gasteiger partial charge in [0, 0.05) is 5.56 Å². The standard InChI is InChI=1S/C22H22N4O5/c27-20(13-26-21(28)16-3-1-2-4-17(16)23-22(26)29)25-9-7-24(8-10-25)12-15-5-6-18-19(11-15)31-14-30-18/h1-6,11H,7-10,12-14H2,(H,23,29)/p+1. The Bertz CT molecular complexity index is 1260. The Morgan fingerprint density at radius 3 is 2.65 bits per heavy atom. The van der Waals surface area contributed by atoms with E-state index in [0.717, 1.165) is 41.3 Å². The SMILES string of the molecule is O=C(Cn1c(=O)[nH]c2ccccc2c1=O)N1CC[NH+](Cc2ccc3c(c2)OCO3)CC1. The number of aromatic amines is 1. The van der Waals surface area contributed by atoms with Gasteiger partial charge in [0.25, 0.3) is 5.56 Å². The van der Waals surface area contributed by atoms with E-state index < -0.39 is 11.2 Å². The number of aromatic nitrogens is 2. The van der Waals surface area contributed by atoms with Crippen molar-refractivity contribution < 1.29 is 19.2 Å². The van der Waals surface area contributed by atoms with Crippen LogP contribution in [0.15, 0.2) is 52.1 Å². The summed E-state index contributed by atoms with van der Waals surface area (Å²) in [6.07, 6.45) is 0. The molecular formula is C22H23N4O5+. The Morgan fingerprint density at radius 2 is 1.81 bits per heavy atom. The molecule has 0 bridgehead atoms. The number of carbonyl (C=O) groups is 1. The van der Waals surface area contributed by atoms with Gasteiger partial charge in [0.15, 0.2) is 11.5 Å². The van der Waals surface area contributed by atoms with E-state index in [9.17, 15) is 14.4 Å². The first-order chi connectivity index (χ1) is 15.1. The summed E-state index contributed by atoms with van der Waals surface area (Å²) in [6, 6.07) is 12.8. The van der Waals surface area contributed by atoms with Gasteiger partial charge in [0.1, 0.15) is 13.1 Å². The van der Waals surface area contributed by atoms with E-state index in [1.54, 1.807) is 29.2 Å². The summed E-state index contributed by atoms with van der Waals surface area (Å²) in [5, 5.41) is 0.396. The number of H-pyrrole nitrogens is 1. The van der Waals surface area contributed by atoms with E-state index >= 15 is 0 Å². The Labute approximate surface area is 177 Å². The van der Waals surface area contributed by atoms with Gasteiger partial charge in [-0.05, 0) is 30.3 Å². The Hall–Kier alpha value is -3.59. The molecule has 2 aromatic carbocycles. The highest BCUT2D eigenvalue weighted by molar-refractivity contribution is 5.79. The van der Waals surface area contributed by atoms with Crippen LogP contribution < -0.4 is 25.6 Å². The monoisotopic (exact) mass is 423 g/mol. The molecule has 1 aromatic heterocycles. The molecule has 160 valence electrons. The zero-order valence-corrected chi connectivity index (χ0v) is 16.9. The predicted molar refractivity (Wildman–Crippen MR) is 112 cm³/mol. The van der Waals surface area contributed by atoms with Gasteiger partial charge in [-0.1, -0.05) is 12.1 Å². The fourth-order valence-electron chi connectivity index (χ4n) is 4.17. The van der Waals surface area contributed by atoms with E-state index in [4.69, 9.17) is 9.47 Å². The van der Waals surface area contributed by atoms with Crippen LogP contribution in [0.5, 0.6) is 11.5 Å². The highest BCUT2D eigenvalue weighted by Gasteiger charge is 2.25. The normalized spacial score (nSPS) is 16.1. The molecule has 0 atom stereocenters. The number of amides is 1. The third-order valence-electron chi connectivity index (χ3n) is 5.90. The van der Waals surface area contributed by atoms with Crippen molar-refractivity contribution in [3.05, 3.63) is 68.9 Å². The van der Waals surface area contributed by atoms with Crippen molar-refractivity contribution in [2.45, 2.75) is 13.1 Å². The van der Waals surface area contributed by atoms with Gasteiger partial charge in [0.05, 0.1) is 37.1 Å². The molecule has 2 aliphatic heterocycles. The molecule has 2 aliphatic rings. The van der Waals surface area contributed by atoms with Crippen LogP contribution in [0, 0.1) is 0 Å². The Morgan fingerprint density at radius 1 is 1.03 bits per heavy atom. The zero-order chi connectivity index (χ0) is 21.4. The maximum atomic E-state index is 12.8. The molecule has 0 saturated carbocycles. The molecule has 3 aromatic rings. The molecule has 0 aliphatic carbocycles. The van der Waals surface area contributed by atoms with Crippen LogP contribution in [0.4, 0.5) is 0 Å². The minimum Gasteiger partial charge on any atom is -0.454 e. The smallest absolute Gasteiger partial charge is 0.329 e. The molecule has 1 amide bonds. The minimum atomic E-state index is -0.566. The van der Waals surface area contributed by atoms with Gasteiger partial charge >= 0.3 is 5.69 Å². The molecule has 9 heteroatoms. The van der Waals surface area contributed by atoms with Crippen LogP contribution in [0.25, 0.3) is 10.9 Å². The summed E-state index contributed by atoms with van der Waals surface area (Å²) in [5.74, 6) is 1.33. The second-order valence-corrected chi connectivity index (χ2v) is 7.86. The summed E-state index contributed by atoms with van der Waals surface area (Å²) in [7, 11) is 0. The first kappa shape index (κ1) is 19.4. The molecule has 0 spiro atoms. The van der Waals surface area contributed by atoms with Crippen LogP contribution in [-0.2, 0) is 17.9 Å². The lowest BCUT2D eigenvalue weighted by Crippen LogP contribution is -3.13. The maximum Gasteiger partial charge on any atom is 0.329 e. The van der Waals surface area contributed by atoms with Crippen molar-refractivity contribution in [1.82, 2.24) is 14.5 Å². The number of benzene rings is 2. The molecular weight excluding hydrogens is 400 g/mol. The van der Waals surface area contributed by atoms with E-state index in [-0.39, 0.29) is 19.2 Å². The first-order valence-electron chi connectivity index (χ1n) is 10.3. The number of hydrogen-bond acceptors (Lipinski definition) is 5. The number of piperazine rings is 1. The van der Waals surface area contributed by atoms with Gasteiger partial charge in [0.2, 0.25) is 12.7 Å². The summed E-state index contributed by atoms with van der Waals surface area (Å²) in [4.78, 5) is 43.5. The molecule has 1 fully saturated rings. The number of fused-ring (bicyclic) bond motifs is 2. The van der Waals surface area contributed by atoms with E-state index in [0.29, 0.717) is 24.0 Å². The van der Waals surface area contributed by atoms with Gasteiger partial charge in [-0.2, -0.15) is 0 Å². The van der Waals surface area contributed by atoms with Crippen molar-refractivity contribution in [2.75, 3.05) is 33.0 Å². The number of nitrogens with zero attached hydrogens (tertiary/aromatic N) is 2. The topological polar surface area (TPSA) is 98.1 Å². The van der Waals surface area contributed by atoms with Gasteiger partial charge < -0.3 is 24.3 Å².